The van der Waals surface area contributed by atoms with Crippen molar-refractivity contribution in [1.82, 2.24) is 14.9 Å². The second-order valence-corrected chi connectivity index (χ2v) is 3.67. The van der Waals surface area contributed by atoms with E-state index < -0.39 is 0 Å². The molecule has 0 radical (unpaired) electrons. The van der Waals surface area contributed by atoms with Gasteiger partial charge in [0.2, 0.25) is 0 Å². The van der Waals surface area contributed by atoms with Crippen LogP contribution >= 0.6 is 0 Å². The fourth-order valence-corrected chi connectivity index (χ4v) is 1.51. The number of nitrogens with one attached hydrogen (secondary N) is 1. The molecule has 0 saturated heterocycles. The lowest BCUT2D eigenvalue weighted by molar-refractivity contribution is 0.733. The van der Waals surface area contributed by atoms with Crippen LogP contribution in [0.25, 0.3) is 6.08 Å². The molecule has 1 aromatic heterocycles. The van der Waals surface area contributed by atoms with E-state index >= 15 is 0 Å². The lowest BCUT2D eigenvalue weighted by Gasteiger charge is -2.01. The predicted octanol–water partition coefficient (Wildman–Crippen LogP) is 1.84. The second-order valence-electron chi connectivity index (χ2n) is 3.67. The molecule has 0 atom stereocenters. The van der Waals surface area contributed by atoms with Gasteiger partial charge in [0.05, 0.1) is 18.2 Å². The largest absolute Gasteiger partial charge is 0.328 e. The zero-order valence-electron chi connectivity index (χ0n) is 8.61. The van der Waals surface area contributed by atoms with Gasteiger partial charge in [0.1, 0.15) is 0 Å². The van der Waals surface area contributed by atoms with Gasteiger partial charge in [0.15, 0.2) is 0 Å². The Balaban J connectivity index is 1.94. The van der Waals surface area contributed by atoms with E-state index in [1.165, 1.54) is 18.5 Å². The van der Waals surface area contributed by atoms with Crippen LogP contribution in [0.2, 0.25) is 0 Å². The topological polar surface area (TPSA) is 29.9 Å². The standard InChI is InChI=1S/C11H17N3/c1-2-12-7-3-4-11-8-13-9-14(11)10-5-6-10/h3-4,8-10,12H,2,5-7H2,1H3. The van der Waals surface area contributed by atoms with E-state index in [2.05, 4.69) is 33.9 Å². The van der Waals surface area contributed by atoms with E-state index in [1.54, 1.807) is 0 Å². The van der Waals surface area contributed by atoms with Crippen LogP contribution in [0, 0.1) is 0 Å². The molecule has 1 aliphatic carbocycles. The van der Waals surface area contributed by atoms with Crippen LogP contribution in [0.3, 0.4) is 0 Å². The summed E-state index contributed by atoms with van der Waals surface area (Å²) in [6.45, 7) is 4.07. The van der Waals surface area contributed by atoms with Crippen molar-refractivity contribution in [2.24, 2.45) is 0 Å². The van der Waals surface area contributed by atoms with Gasteiger partial charge in [-0.25, -0.2) is 4.98 Å². The van der Waals surface area contributed by atoms with Gasteiger partial charge in [-0.15, -0.1) is 0 Å². The van der Waals surface area contributed by atoms with E-state index in [1.807, 2.05) is 12.5 Å². The molecule has 0 aliphatic heterocycles. The van der Waals surface area contributed by atoms with E-state index in [0.29, 0.717) is 0 Å². The summed E-state index contributed by atoms with van der Waals surface area (Å²) in [5, 5.41) is 3.26. The zero-order chi connectivity index (χ0) is 9.80. The van der Waals surface area contributed by atoms with Crippen molar-refractivity contribution in [3.05, 3.63) is 24.3 Å². The smallest absolute Gasteiger partial charge is 0.0953 e. The molecule has 0 spiro atoms. The molecule has 3 heteroatoms. The Labute approximate surface area is 84.8 Å². The number of hydrogen-bond donors (Lipinski definition) is 1. The molecule has 1 aliphatic rings. The first-order chi connectivity index (χ1) is 6.92. The summed E-state index contributed by atoms with van der Waals surface area (Å²) in [5.41, 5.74) is 1.23. The van der Waals surface area contributed by atoms with Crippen molar-refractivity contribution in [2.75, 3.05) is 13.1 Å². The van der Waals surface area contributed by atoms with Crippen LogP contribution < -0.4 is 5.32 Å². The summed E-state index contributed by atoms with van der Waals surface area (Å²) in [6.07, 6.45) is 10.8. The maximum Gasteiger partial charge on any atom is 0.0953 e. The van der Waals surface area contributed by atoms with Gasteiger partial charge in [0, 0.05) is 12.6 Å². The maximum absolute atomic E-state index is 4.17. The lowest BCUT2D eigenvalue weighted by atomic mass is 10.4. The number of hydrogen-bond acceptors (Lipinski definition) is 2. The third-order valence-electron chi connectivity index (χ3n) is 2.44. The fourth-order valence-electron chi connectivity index (χ4n) is 1.51. The molecule has 1 saturated carbocycles. The molecular weight excluding hydrogens is 174 g/mol. The van der Waals surface area contributed by atoms with Crippen LogP contribution in [0.5, 0.6) is 0 Å². The summed E-state index contributed by atoms with van der Waals surface area (Å²) in [7, 11) is 0. The minimum atomic E-state index is 0.719. The van der Waals surface area contributed by atoms with Crippen molar-refractivity contribution in [3.63, 3.8) is 0 Å². The molecule has 0 unspecified atom stereocenters. The third kappa shape index (κ3) is 2.23. The molecule has 1 heterocycles. The summed E-state index contributed by atoms with van der Waals surface area (Å²) in [4.78, 5) is 4.17. The van der Waals surface area contributed by atoms with Gasteiger partial charge in [0.25, 0.3) is 0 Å². The van der Waals surface area contributed by atoms with Crippen molar-refractivity contribution in [3.8, 4) is 0 Å². The normalized spacial score (nSPS) is 16.6. The van der Waals surface area contributed by atoms with Crippen LogP contribution in [-0.4, -0.2) is 22.6 Å². The number of imidazole rings is 1. The highest BCUT2D eigenvalue weighted by Gasteiger charge is 2.24. The quantitative estimate of drug-likeness (QED) is 0.720. The van der Waals surface area contributed by atoms with Gasteiger partial charge < -0.3 is 9.88 Å². The summed E-state index contributed by atoms with van der Waals surface area (Å²) >= 11 is 0. The first kappa shape index (κ1) is 9.46. The first-order valence-electron chi connectivity index (χ1n) is 5.31. The Morgan fingerprint density at radius 2 is 2.50 bits per heavy atom. The molecule has 0 amide bonds. The number of likely N-dealkylation sites (N-methyl/N-ethyl adjacent to an activating group) is 1. The lowest BCUT2D eigenvalue weighted by Crippen LogP contribution is -2.11. The summed E-state index contributed by atoms with van der Waals surface area (Å²) in [5.74, 6) is 0. The van der Waals surface area contributed by atoms with Crippen molar-refractivity contribution in [2.45, 2.75) is 25.8 Å². The maximum atomic E-state index is 4.17. The highest BCUT2D eigenvalue weighted by Crippen LogP contribution is 2.35. The van der Waals surface area contributed by atoms with Crippen LogP contribution in [0.15, 0.2) is 18.6 Å². The van der Waals surface area contributed by atoms with Crippen LogP contribution in [0.1, 0.15) is 31.5 Å². The molecule has 76 valence electrons. The monoisotopic (exact) mass is 191 g/mol. The van der Waals surface area contributed by atoms with Gasteiger partial charge in [-0.2, -0.15) is 0 Å². The Bertz CT molecular complexity index is 310. The van der Waals surface area contributed by atoms with Crippen molar-refractivity contribution >= 4 is 6.08 Å². The molecule has 1 N–H and O–H groups in total. The number of nitrogens with zero attached hydrogens (tertiary/aromatic N) is 2. The minimum Gasteiger partial charge on any atom is -0.328 e. The molecule has 0 bridgehead atoms. The zero-order valence-corrected chi connectivity index (χ0v) is 8.61. The molecule has 2 rings (SSSR count). The molecule has 3 nitrogen and oxygen atoms in total. The summed E-state index contributed by atoms with van der Waals surface area (Å²) < 4.78 is 2.27. The molecule has 1 fully saturated rings. The van der Waals surface area contributed by atoms with Crippen LogP contribution in [-0.2, 0) is 0 Å². The Hall–Kier alpha value is -1.09. The second kappa shape index (κ2) is 4.42. The predicted molar refractivity (Wildman–Crippen MR) is 58.1 cm³/mol. The van der Waals surface area contributed by atoms with E-state index in [9.17, 15) is 0 Å². The molecule has 0 aromatic carbocycles. The molecule has 14 heavy (non-hydrogen) atoms. The highest BCUT2D eigenvalue weighted by molar-refractivity contribution is 5.44. The Morgan fingerprint density at radius 3 is 3.21 bits per heavy atom. The number of aromatic nitrogens is 2. The van der Waals surface area contributed by atoms with E-state index in [4.69, 9.17) is 0 Å². The van der Waals surface area contributed by atoms with Crippen LogP contribution in [0.4, 0.5) is 0 Å². The SMILES string of the molecule is CCNCC=Cc1cncn1C1CC1. The molecular formula is C11H17N3. The summed E-state index contributed by atoms with van der Waals surface area (Å²) in [6, 6.07) is 0.719. The average molecular weight is 191 g/mol. The van der Waals surface area contributed by atoms with E-state index in [-0.39, 0.29) is 0 Å². The van der Waals surface area contributed by atoms with E-state index in [0.717, 1.165) is 19.1 Å². The average Bonchev–Trinajstić information content (AvgIpc) is 2.94. The Morgan fingerprint density at radius 1 is 1.64 bits per heavy atom. The van der Waals surface area contributed by atoms with Gasteiger partial charge in [-0.1, -0.05) is 13.0 Å². The first-order valence-corrected chi connectivity index (χ1v) is 5.31. The minimum absolute atomic E-state index is 0.719. The highest BCUT2D eigenvalue weighted by atomic mass is 15.1. The Kier molecular flexibility index (Phi) is 2.99. The van der Waals surface area contributed by atoms with Gasteiger partial charge >= 0.3 is 0 Å². The van der Waals surface area contributed by atoms with Gasteiger partial charge in [-0.05, 0) is 25.5 Å². The van der Waals surface area contributed by atoms with Crippen molar-refractivity contribution < 1.29 is 0 Å². The third-order valence-corrected chi connectivity index (χ3v) is 2.44. The van der Waals surface area contributed by atoms with Crippen molar-refractivity contribution in [1.29, 1.82) is 0 Å². The fraction of sp³-hybridized carbons (Fsp3) is 0.545. The van der Waals surface area contributed by atoms with Gasteiger partial charge in [-0.3, -0.25) is 0 Å². The molecule has 1 aromatic rings. The number of rotatable bonds is 5.